The van der Waals surface area contributed by atoms with E-state index in [0.29, 0.717) is 11.8 Å². The number of nitrogens with zero attached hydrogens (tertiary/aromatic N) is 2. The monoisotopic (exact) mass is 398 g/mol. The van der Waals surface area contributed by atoms with Gasteiger partial charge in [-0.25, -0.2) is 9.78 Å². The van der Waals surface area contributed by atoms with Gasteiger partial charge in [-0.15, -0.1) is 0 Å². The van der Waals surface area contributed by atoms with Crippen molar-refractivity contribution in [2.45, 2.75) is 24.3 Å². The van der Waals surface area contributed by atoms with Gasteiger partial charge in [0.05, 0.1) is 22.9 Å². The molecule has 0 saturated carbocycles. The summed E-state index contributed by atoms with van der Waals surface area (Å²) in [6, 6.07) is 15.0. The Kier molecular flexibility index (Phi) is 6.20. The number of imide groups is 1. The lowest BCUT2D eigenvalue weighted by atomic mass is 10.2. The molecule has 1 aromatic heterocycles. The predicted molar refractivity (Wildman–Crippen MR) is 110 cm³/mol. The van der Waals surface area contributed by atoms with Crippen LogP contribution in [0.15, 0.2) is 53.7 Å². The van der Waals surface area contributed by atoms with E-state index in [1.165, 1.54) is 18.8 Å². The molecule has 7 nitrogen and oxygen atoms in total. The highest BCUT2D eigenvalue weighted by Gasteiger charge is 2.21. The number of benzene rings is 2. The Morgan fingerprint density at radius 2 is 1.89 bits per heavy atom. The second kappa shape index (κ2) is 8.79. The molecule has 1 atom stereocenters. The maximum absolute atomic E-state index is 12.2. The van der Waals surface area contributed by atoms with E-state index in [-0.39, 0.29) is 5.91 Å². The molecule has 3 amide bonds. The normalized spacial score (nSPS) is 11.8. The third-order valence-electron chi connectivity index (χ3n) is 4.05. The molecule has 3 aromatic rings. The molecule has 2 aromatic carbocycles. The number of aromatic nitrogens is 2. The van der Waals surface area contributed by atoms with Crippen molar-refractivity contribution in [3.05, 3.63) is 48.5 Å². The molecule has 1 heterocycles. The Morgan fingerprint density at radius 3 is 2.57 bits per heavy atom. The number of thioether (sulfide) groups is 1. The third kappa shape index (κ3) is 4.28. The first kappa shape index (κ1) is 19.8. The van der Waals surface area contributed by atoms with Crippen LogP contribution in [0.5, 0.6) is 5.75 Å². The second-order valence-electron chi connectivity index (χ2n) is 5.97. The Morgan fingerprint density at radius 1 is 1.18 bits per heavy atom. The lowest BCUT2D eigenvalue weighted by Gasteiger charge is -2.13. The van der Waals surface area contributed by atoms with Crippen molar-refractivity contribution in [1.29, 1.82) is 0 Å². The van der Waals surface area contributed by atoms with Gasteiger partial charge in [0.1, 0.15) is 5.75 Å². The summed E-state index contributed by atoms with van der Waals surface area (Å²) in [5.74, 6) is 0.415. The number of urea groups is 1. The van der Waals surface area contributed by atoms with Crippen molar-refractivity contribution in [1.82, 2.24) is 20.2 Å². The van der Waals surface area contributed by atoms with Crippen LogP contribution in [0.25, 0.3) is 16.7 Å². The van der Waals surface area contributed by atoms with Crippen LogP contribution in [0.3, 0.4) is 0 Å². The van der Waals surface area contributed by atoms with Crippen molar-refractivity contribution in [2.24, 2.45) is 0 Å². The number of hydrogen-bond acceptors (Lipinski definition) is 5. The first-order valence-electron chi connectivity index (χ1n) is 8.93. The van der Waals surface area contributed by atoms with Crippen molar-refractivity contribution in [3.63, 3.8) is 0 Å². The molecule has 28 heavy (non-hydrogen) atoms. The minimum absolute atomic E-state index is 0.380. The van der Waals surface area contributed by atoms with Gasteiger partial charge < -0.3 is 10.1 Å². The van der Waals surface area contributed by atoms with Gasteiger partial charge in [-0.1, -0.05) is 23.9 Å². The topological polar surface area (TPSA) is 85.2 Å². The number of hydrogen-bond donors (Lipinski definition) is 2. The SMILES string of the molecule is CCOc1ccc(-n2c(SC(C)C(=O)NC(=O)NC)nc3ccccc32)cc1. The maximum atomic E-state index is 12.2. The Labute approximate surface area is 167 Å². The second-order valence-corrected chi connectivity index (χ2v) is 7.28. The molecule has 0 aliphatic rings. The summed E-state index contributed by atoms with van der Waals surface area (Å²) in [5.41, 5.74) is 2.68. The molecule has 8 heteroatoms. The minimum atomic E-state index is -0.530. The Bertz CT molecular complexity index is 985. The number of fused-ring (bicyclic) bond motifs is 1. The predicted octanol–water partition coefficient (Wildman–Crippen LogP) is 3.36. The minimum Gasteiger partial charge on any atom is -0.494 e. The van der Waals surface area contributed by atoms with E-state index in [2.05, 4.69) is 15.6 Å². The third-order valence-corrected chi connectivity index (χ3v) is 5.10. The van der Waals surface area contributed by atoms with Crippen LogP contribution in [0.1, 0.15) is 13.8 Å². The van der Waals surface area contributed by atoms with Crippen molar-refractivity contribution >= 4 is 34.7 Å². The number of ether oxygens (including phenoxy) is 1. The highest BCUT2D eigenvalue weighted by molar-refractivity contribution is 8.00. The summed E-state index contributed by atoms with van der Waals surface area (Å²) in [7, 11) is 1.46. The zero-order valence-electron chi connectivity index (χ0n) is 15.9. The average Bonchev–Trinajstić information content (AvgIpc) is 3.06. The lowest BCUT2D eigenvalue weighted by Crippen LogP contribution is -2.41. The van der Waals surface area contributed by atoms with Gasteiger partial charge in [0, 0.05) is 12.7 Å². The Balaban J connectivity index is 1.95. The molecule has 2 N–H and O–H groups in total. The van der Waals surface area contributed by atoms with E-state index in [9.17, 15) is 9.59 Å². The fourth-order valence-corrected chi connectivity index (χ4v) is 3.62. The van der Waals surface area contributed by atoms with Gasteiger partial charge in [0.2, 0.25) is 5.91 Å². The molecule has 0 saturated heterocycles. The van der Waals surface area contributed by atoms with E-state index in [0.717, 1.165) is 22.5 Å². The van der Waals surface area contributed by atoms with E-state index in [1.807, 2.05) is 60.0 Å². The average molecular weight is 398 g/mol. The Hall–Kier alpha value is -3.00. The summed E-state index contributed by atoms with van der Waals surface area (Å²) in [6.07, 6.45) is 0. The molecule has 0 fully saturated rings. The molecular weight excluding hydrogens is 376 g/mol. The maximum Gasteiger partial charge on any atom is 0.321 e. The molecule has 0 aliphatic carbocycles. The molecule has 1 unspecified atom stereocenters. The summed E-state index contributed by atoms with van der Waals surface area (Å²) in [6.45, 7) is 4.29. The molecule has 3 rings (SSSR count). The van der Waals surface area contributed by atoms with Gasteiger partial charge in [0.25, 0.3) is 0 Å². The van der Waals surface area contributed by atoms with E-state index < -0.39 is 11.3 Å². The van der Waals surface area contributed by atoms with Gasteiger partial charge >= 0.3 is 6.03 Å². The highest BCUT2D eigenvalue weighted by atomic mass is 32.2. The van der Waals surface area contributed by atoms with E-state index in [4.69, 9.17) is 4.74 Å². The van der Waals surface area contributed by atoms with E-state index in [1.54, 1.807) is 6.92 Å². The smallest absolute Gasteiger partial charge is 0.321 e. The molecule has 0 aliphatic heterocycles. The summed E-state index contributed by atoms with van der Waals surface area (Å²) in [4.78, 5) is 28.3. The fraction of sp³-hybridized carbons (Fsp3) is 0.250. The quantitative estimate of drug-likeness (QED) is 0.622. The van der Waals surface area contributed by atoms with E-state index >= 15 is 0 Å². The highest BCUT2D eigenvalue weighted by Crippen LogP contribution is 2.31. The van der Waals surface area contributed by atoms with Crippen molar-refractivity contribution in [3.8, 4) is 11.4 Å². The van der Waals surface area contributed by atoms with Gasteiger partial charge in [-0.3, -0.25) is 14.7 Å². The number of para-hydroxylation sites is 2. The van der Waals surface area contributed by atoms with Crippen LogP contribution in [0, 0.1) is 0 Å². The van der Waals surface area contributed by atoms with Crippen LogP contribution in [-0.4, -0.2) is 40.4 Å². The zero-order chi connectivity index (χ0) is 20.1. The summed E-state index contributed by atoms with van der Waals surface area (Å²) in [5, 5.41) is 4.84. The van der Waals surface area contributed by atoms with Crippen LogP contribution in [0.2, 0.25) is 0 Å². The van der Waals surface area contributed by atoms with Crippen LogP contribution in [0.4, 0.5) is 4.79 Å². The number of carbonyl (C=O) groups is 2. The number of carbonyl (C=O) groups excluding carboxylic acids is 2. The zero-order valence-corrected chi connectivity index (χ0v) is 16.7. The molecule has 0 bridgehead atoms. The number of amides is 3. The number of rotatable bonds is 6. The summed E-state index contributed by atoms with van der Waals surface area (Å²) < 4.78 is 7.52. The van der Waals surface area contributed by atoms with Crippen LogP contribution in [-0.2, 0) is 4.79 Å². The standard InChI is InChI=1S/C20H22N4O3S/c1-4-27-15-11-9-14(10-12-15)24-17-8-6-5-7-16(17)22-20(24)28-13(2)18(25)23-19(26)21-3/h5-13H,4H2,1-3H3,(H2,21,23,25,26). The first-order chi connectivity index (χ1) is 13.5. The number of nitrogens with one attached hydrogen (secondary N) is 2. The van der Waals surface area contributed by atoms with Gasteiger partial charge in [-0.2, -0.15) is 0 Å². The van der Waals surface area contributed by atoms with Crippen LogP contribution < -0.4 is 15.4 Å². The van der Waals surface area contributed by atoms with Gasteiger partial charge in [-0.05, 0) is 50.2 Å². The summed E-state index contributed by atoms with van der Waals surface area (Å²) >= 11 is 1.29. The fourth-order valence-electron chi connectivity index (χ4n) is 2.68. The number of imidazole rings is 1. The molecule has 146 valence electrons. The van der Waals surface area contributed by atoms with Crippen molar-refractivity contribution in [2.75, 3.05) is 13.7 Å². The lowest BCUT2D eigenvalue weighted by molar-refractivity contribution is -0.119. The molecular formula is C20H22N4O3S. The first-order valence-corrected chi connectivity index (χ1v) is 9.81. The molecule has 0 spiro atoms. The van der Waals surface area contributed by atoms with Crippen molar-refractivity contribution < 1.29 is 14.3 Å². The van der Waals surface area contributed by atoms with Crippen LogP contribution >= 0.6 is 11.8 Å². The largest absolute Gasteiger partial charge is 0.494 e. The molecule has 0 radical (unpaired) electrons. The van der Waals surface area contributed by atoms with Gasteiger partial charge in [0.15, 0.2) is 5.16 Å².